The van der Waals surface area contributed by atoms with E-state index in [1.54, 1.807) is 6.08 Å². The highest BCUT2D eigenvalue weighted by Crippen LogP contribution is 2.45. The second-order valence-electron chi connectivity index (χ2n) is 3.46. The minimum Gasteiger partial charge on any atom is -0.294 e. The Morgan fingerprint density at radius 1 is 1.30 bits per heavy atom. The zero-order valence-corrected chi connectivity index (χ0v) is 6.10. The van der Waals surface area contributed by atoms with Crippen LogP contribution < -0.4 is 0 Å². The summed E-state index contributed by atoms with van der Waals surface area (Å²) in [5.74, 6) is 0.394. The van der Waals surface area contributed by atoms with Crippen LogP contribution in [-0.4, -0.2) is 5.78 Å². The molecule has 0 unspecified atom stereocenters. The monoisotopic (exact) mass is 136 g/mol. The lowest BCUT2D eigenvalue weighted by molar-refractivity contribution is -0.122. The molecule has 0 aromatic heterocycles. The van der Waals surface area contributed by atoms with Gasteiger partial charge in [0.1, 0.15) is 0 Å². The van der Waals surface area contributed by atoms with Crippen molar-refractivity contribution >= 4 is 5.78 Å². The second kappa shape index (κ2) is 1.94. The van der Waals surface area contributed by atoms with Crippen LogP contribution >= 0.6 is 0 Å². The Bertz CT molecular complexity index is 185. The van der Waals surface area contributed by atoms with Gasteiger partial charge >= 0.3 is 0 Å². The largest absolute Gasteiger partial charge is 0.294 e. The maximum absolute atomic E-state index is 11.3. The summed E-state index contributed by atoms with van der Waals surface area (Å²) in [5, 5.41) is 0. The third-order valence-corrected chi connectivity index (χ3v) is 2.86. The molecule has 2 rings (SSSR count). The summed E-state index contributed by atoms with van der Waals surface area (Å²) in [4.78, 5) is 11.3. The van der Waals surface area contributed by atoms with Crippen molar-refractivity contribution < 1.29 is 4.79 Å². The fraction of sp³-hybridized carbons (Fsp3) is 0.667. The Kier molecular flexibility index (Phi) is 1.19. The molecule has 0 aromatic carbocycles. The molecule has 2 aliphatic carbocycles. The fourth-order valence-corrected chi connectivity index (χ4v) is 2.17. The Hall–Kier alpha value is -0.590. The van der Waals surface area contributed by atoms with Crippen molar-refractivity contribution in [1.82, 2.24) is 0 Å². The van der Waals surface area contributed by atoms with Crippen molar-refractivity contribution in [3.05, 3.63) is 12.2 Å². The quantitative estimate of drug-likeness (QED) is 0.498. The first-order chi connectivity index (χ1) is 4.83. The van der Waals surface area contributed by atoms with Gasteiger partial charge in [-0.05, 0) is 25.3 Å². The van der Waals surface area contributed by atoms with Crippen molar-refractivity contribution in [2.45, 2.75) is 32.1 Å². The second-order valence-corrected chi connectivity index (χ2v) is 3.46. The molecule has 1 saturated carbocycles. The van der Waals surface area contributed by atoms with E-state index in [2.05, 4.69) is 0 Å². The van der Waals surface area contributed by atoms with Crippen LogP contribution in [0.3, 0.4) is 0 Å². The molecule has 0 saturated heterocycles. The van der Waals surface area contributed by atoms with Gasteiger partial charge in [-0.2, -0.15) is 0 Å². The van der Waals surface area contributed by atoms with Crippen LogP contribution in [0.5, 0.6) is 0 Å². The van der Waals surface area contributed by atoms with Gasteiger partial charge in [0, 0.05) is 5.41 Å². The fourth-order valence-electron chi connectivity index (χ4n) is 2.17. The average molecular weight is 136 g/mol. The van der Waals surface area contributed by atoms with E-state index in [0.29, 0.717) is 5.78 Å². The van der Waals surface area contributed by atoms with Crippen LogP contribution in [0.2, 0.25) is 0 Å². The van der Waals surface area contributed by atoms with Crippen LogP contribution in [0, 0.1) is 5.41 Å². The molecule has 0 heterocycles. The number of allylic oxidation sites excluding steroid dienone is 2. The molecule has 0 aliphatic heterocycles. The van der Waals surface area contributed by atoms with Gasteiger partial charge < -0.3 is 0 Å². The highest BCUT2D eigenvalue weighted by molar-refractivity contribution is 5.97. The summed E-state index contributed by atoms with van der Waals surface area (Å²) in [7, 11) is 0. The standard InChI is InChI=1S/C9H12O/c10-8-4-3-7-9(8)5-1-2-6-9/h3-4H,1-2,5-7H2. The number of carbonyl (C=O) groups excluding carboxylic acids is 1. The summed E-state index contributed by atoms with van der Waals surface area (Å²) >= 11 is 0. The molecular formula is C9H12O. The Morgan fingerprint density at radius 3 is 2.50 bits per heavy atom. The van der Waals surface area contributed by atoms with Gasteiger partial charge in [0.2, 0.25) is 0 Å². The minimum absolute atomic E-state index is 0.0972. The summed E-state index contributed by atoms with van der Waals surface area (Å²) in [6.07, 6.45) is 9.61. The van der Waals surface area contributed by atoms with Crippen LogP contribution in [0.4, 0.5) is 0 Å². The molecule has 0 atom stereocenters. The van der Waals surface area contributed by atoms with Crippen molar-refractivity contribution in [2.24, 2.45) is 5.41 Å². The molecule has 1 fully saturated rings. The van der Waals surface area contributed by atoms with Gasteiger partial charge in [0.15, 0.2) is 5.78 Å². The summed E-state index contributed by atoms with van der Waals surface area (Å²) in [5.41, 5.74) is 0.0972. The summed E-state index contributed by atoms with van der Waals surface area (Å²) in [6, 6.07) is 0. The number of rotatable bonds is 0. The van der Waals surface area contributed by atoms with Crippen molar-refractivity contribution in [3.63, 3.8) is 0 Å². The average Bonchev–Trinajstić information content (AvgIpc) is 2.48. The Balaban J connectivity index is 2.23. The van der Waals surface area contributed by atoms with Gasteiger partial charge in [0.25, 0.3) is 0 Å². The number of carbonyl (C=O) groups is 1. The highest BCUT2D eigenvalue weighted by Gasteiger charge is 2.40. The molecule has 0 amide bonds. The zero-order valence-electron chi connectivity index (χ0n) is 6.10. The molecule has 1 heteroatoms. The topological polar surface area (TPSA) is 17.1 Å². The van der Waals surface area contributed by atoms with Crippen molar-refractivity contribution in [1.29, 1.82) is 0 Å². The normalized spacial score (nSPS) is 28.6. The minimum atomic E-state index is 0.0972. The van der Waals surface area contributed by atoms with Gasteiger partial charge in [-0.15, -0.1) is 0 Å². The van der Waals surface area contributed by atoms with E-state index in [9.17, 15) is 4.79 Å². The van der Waals surface area contributed by atoms with Gasteiger partial charge in [0.05, 0.1) is 0 Å². The van der Waals surface area contributed by atoms with Crippen LogP contribution in [0.1, 0.15) is 32.1 Å². The predicted molar refractivity (Wildman–Crippen MR) is 39.7 cm³/mol. The molecule has 0 aromatic rings. The van der Waals surface area contributed by atoms with E-state index in [4.69, 9.17) is 0 Å². The number of hydrogen-bond donors (Lipinski definition) is 0. The Labute approximate surface area is 61.1 Å². The third-order valence-electron chi connectivity index (χ3n) is 2.86. The molecule has 54 valence electrons. The smallest absolute Gasteiger partial charge is 0.161 e. The molecule has 10 heavy (non-hydrogen) atoms. The lowest BCUT2D eigenvalue weighted by Crippen LogP contribution is -2.21. The van der Waals surface area contributed by atoms with Crippen LogP contribution in [0.25, 0.3) is 0 Å². The van der Waals surface area contributed by atoms with Gasteiger partial charge in [-0.3, -0.25) is 4.79 Å². The molecule has 0 radical (unpaired) electrons. The van der Waals surface area contributed by atoms with Gasteiger partial charge in [-0.1, -0.05) is 18.9 Å². The van der Waals surface area contributed by atoms with Crippen molar-refractivity contribution in [3.8, 4) is 0 Å². The van der Waals surface area contributed by atoms with E-state index in [1.165, 1.54) is 12.8 Å². The van der Waals surface area contributed by atoms with Gasteiger partial charge in [-0.25, -0.2) is 0 Å². The molecule has 0 bridgehead atoms. The van der Waals surface area contributed by atoms with E-state index >= 15 is 0 Å². The molecule has 0 N–H and O–H groups in total. The van der Waals surface area contributed by atoms with E-state index in [-0.39, 0.29) is 5.41 Å². The third kappa shape index (κ3) is 0.664. The maximum atomic E-state index is 11.3. The summed E-state index contributed by atoms with van der Waals surface area (Å²) < 4.78 is 0. The van der Waals surface area contributed by atoms with Crippen LogP contribution in [-0.2, 0) is 4.79 Å². The first-order valence-corrected chi connectivity index (χ1v) is 4.05. The van der Waals surface area contributed by atoms with E-state index in [0.717, 1.165) is 19.3 Å². The predicted octanol–water partition coefficient (Wildman–Crippen LogP) is 2.08. The molecule has 1 nitrogen and oxygen atoms in total. The molecule has 2 aliphatic rings. The molecule has 1 spiro atoms. The lowest BCUT2D eigenvalue weighted by Gasteiger charge is -2.19. The van der Waals surface area contributed by atoms with E-state index < -0.39 is 0 Å². The Morgan fingerprint density at radius 2 is 2.00 bits per heavy atom. The zero-order chi connectivity index (χ0) is 7.03. The van der Waals surface area contributed by atoms with Crippen LogP contribution in [0.15, 0.2) is 12.2 Å². The van der Waals surface area contributed by atoms with Crippen molar-refractivity contribution in [2.75, 3.05) is 0 Å². The first-order valence-electron chi connectivity index (χ1n) is 4.05. The van der Waals surface area contributed by atoms with E-state index in [1.807, 2.05) is 6.08 Å². The summed E-state index contributed by atoms with van der Waals surface area (Å²) in [6.45, 7) is 0. The molecular weight excluding hydrogens is 124 g/mol. The number of ketones is 1. The maximum Gasteiger partial charge on any atom is 0.161 e. The number of hydrogen-bond acceptors (Lipinski definition) is 1. The lowest BCUT2D eigenvalue weighted by atomic mass is 9.83. The SMILES string of the molecule is O=C1C=CCC12CCCC2. The first kappa shape index (κ1) is 6.14. The highest BCUT2D eigenvalue weighted by atomic mass is 16.1.